The van der Waals surface area contributed by atoms with Crippen molar-refractivity contribution in [3.05, 3.63) is 23.3 Å². The molecule has 0 amide bonds. The zero-order valence-corrected chi connectivity index (χ0v) is 4.83. The van der Waals surface area contributed by atoms with Crippen molar-refractivity contribution in [3.8, 4) is 0 Å². The van der Waals surface area contributed by atoms with E-state index in [1.807, 2.05) is 0 Å². The van der Waals surface area contributed by atoms with Crippen LogP contribution in [0.4, 0.5) is 0 Å². The number of aldehydes is 2. The van der Waals surface area contributed by atoms with Gasteiger partial charge in [-0.25, -0.2) is 0 Å². The van der Waals surface area contributed by atoms with Gasteiger partial charge in [0.15, 0.2) is 0 Å². The summed E-state index contributed by atoms with van der Waals surface area (Å²) in [4.78, 5) is 20.2. The highest BCUT2D eigenvalue weighted by Gasteiger charge is 2.05. The maximum atomic E-state index is 10.1. The highest BCUT2D eigenvalue weighted by atomic mass is 16.1. The van der Waals surface area contributed by atoms with Crippen LogP contribution in [0.3, 0.4) is 0 Å². The molecule has 0 spiro atoms. The molecule has 46 valence electrons. The molecule has 0 heterocycles. The first kappa shape index (κ1) is 5.95. The van der Waals surface area contributed by atoms with Crippen LogP contribution in [0.25, 0.3) is 0 Å². The van der Waals surface area contributed by atoms with Crippen molar-refractivity contribution in [3.63, 3.8) is 0 Å². The molecule has 0 bridgehead atoms. The smallest absolute Gasteiger partial charge is 0.150 e. The van der Waals surface area contributed by atoms with Crippen molar-refractivity contribution in [2.24, 2.45) is 0 Å². The summed E-state index contributed by atoms with van der Waals surface area (Å²) in [5, 5.41) is 0. The van der Waals surface area contributed by atoms with Crippen LogP contribution in [-0.4, -0.2) is 12.6 Å². The van der Waals surface area contributed by atoms with Crippen LogP contribution in [0.2, 0.25) is 0 Å². The molecule has 1 aliphatic rings. The highest BCUT2D eigenvalue weighted by molar-refractivity contribution is 5.95. The van der Waals surface area contributed by atoms with E-state index in [0.29, 0.717) is 30.1 Å². The lowest BCUT2D eigenvalue weighted by Crippen LogP contribution is -1.86. The molecule has 0 aromatic carbocycles. The Balaban J connectivity index is 2.85. The zero-order chi connectivity index (χ0) is 6.69. The lowest BCUT2D eigenvalue weighted by molar-refractivity contribution is -0.107. The maximum Gasteiger partial charge on any atom is 0.150 e. The Morgan fingerprint density at radius 1 is 1.11 bits per heavy atom. The topological polar surface area (TPSA) is 34.1 Å². The molecule has 0 fully saturated rings. The van der Waals surface area contributed by atoms with Crippen molar-refractivity contribution >= 4 is 12.6 Å². The minimum Gasteiger partial charge on any atom is -0.298 e. The first-order valence-electron chi connectivity index (χ1n) is 2.69. The Morgan fingerprint density at radius 3 is 1.89 bits per heavy atom. The lowest BCUT2D eigenvalue weighted by atomic mass is 10.2. The van der Waals surface area contributed by atoms with Gasteiger partial charge in [-0.05, 0) is 6.42 Å². The van der Waals surface area contributed by atoms with Crippen LogP contribution >= 0.6 is 0 Å². The minimum absolute atomic E-state index is 0.519. The second kappa shape index (κ2) is 2.40. The molecular formula is C7H6O2. The van der Waals surface area contributed by atoms with Crippen LogP contribution in [0.5, 0.6) is 0 Å². The van der Waals surface area contributed by atoms with Crippen LogP contribution in [0.1, 0.15) is 6.42 Å². The Labute approximate surface area is 52.9 Å². The molecule has 0 aliphatic heterocycles. The van der Waals surface area contributed by atoms with E-state index in [1.54, 1.807) is 12.2 Å². The van der Waals surface area contributed by atoms with E-state index in [4.69, 9.17) is 0 Å². The fraction of sp³-hybridized carbons (Fsp3) is 0.143. The van der Waals surface area contributed by atoms with Crippen LogP contribution < -0.4 is 0 Å². The van der Waals surface area contributed by atoms with Crippen molar-refractivity contribution in [2.75, 3.05) is 0 Å². The second-order valence-corrected chi connectivity index (χ2v) is 1.79. The van der Waals surface area contributed by atoms with Gasteiger partial charge in [0.2, 0.25) is 0 Å². The quantitative estimate of drug-likeness (QED) is 0.504. The SMILES string of the molecule is O=CC1=CCC=C1C=O. The first-order valence-corrected chi connectivity index (χ1v) is 2.69. The molecule has 0 saturated heterocycles. The summed E-state index contributed by atoms with van der Waals surface area (Å²) in [7, 11) is 0. The van der Waals surface area contributed by atoms with Gasteiger partial charge in [0.1, 0.15) is 12.6 Å². The van der Waals surface area contributed by atoms with Crippen molar-refractivity contribution in [1.29, 1.82) is 0 Å². The van der Waals surface area contributed by atoms with Crippen LogP contribution in [0.15, 0.2) is 23.3 Å². The van der Waals surface area contributed by atoms with E-state index in [-0.39, 0.29) is 0 Å². The largest absolute Gasteiger partial charge is 0.298 e. The number of rotatable bonds is 2. The molecule has 2 heteroatoms. The number of allylic oxidation sites excluding steroid dienone is 4. The zero-order valence-electron chi connectivity index (χ0n) is 4.83. The maximum absolute atomic E-state index is 10.1. The third-order valence-electron chi connectivity index (χ3n) is 1.26. The highest BCUT2D eigenvalue weighted by Crippen LogP contribution is 2.13. The van der Waals surface area contributed by atoms with Gasteiger partial charge < -0.3 is 0 Å². The second-order valence-electron chi connectivity index (χ2n) is 1.79. The van der Waals surface area contributed by atoms with Gasteiger partial charge in [0, 0.05) is 11.1 Å². The monoisotopic (exact) mass is 122 g/mol. The summed E-state index contributed by atoms with van der Waals surface area (Å²) in [5.74, 6) is 0. The van der Waals surface area contributed by atoms with Crippen molar-refractivity contribution in [2.45, 2.75) is 6.42 Å². The van der Waals surface area contributed by atoms with Gasteiger partial charge in [0.05, 0.1) is 0 Å². The molecule has 1 rings (SSSR count). The third kappa shape index (κ3) is 0.964. The van der Waals surface area contributed by atoms with Gasteiger partial charge in [0.25, 0.3) is 0 Å². The summed E-state index contributed by atoms with van der Waals surface area (Å²) in [5.41, 5.74) is 1.04. The first-order chi connectivity index (χ1) is 4.38. The van der Waals surface area contributed by atoms with Crippen molar-refractivity contribution in [1.82, 2.24) is 0 Å². The Kier molecular flexibility index (Phi) is 1.58. The van der Waals surface area contributed by atoms with Crippen LogP contribution in [0, 0.1) is 0 Å². The fourth-order valence-electron chi connectivity index (χ4n) is 0.781. The van der Waals surface area contributed by atoms with E-state index < -0.39 is 0 Å². The normalized spacial score (nSPS) is 16.4. The van der Waals surface area contributed by atoms with E-state index in [1.165, 1.54) is 0 Å². The van der Waals surface area contributed by atoms with Gasteiger partial charge >= 0.3 is 0 Å². The Morgan fingerprint density at radius 2 is 1.56 bits per heavy atom. The molecule has 0 saturated carbocycles. The van der Waals surface area contributed by atoms with Gasteiger partial charge in [-0.1, -0.05) is 12.2 Å². The predicted octanol–water partition coefficient (Wildman–Crippen LogP) is 0.641. The van der Waals surface area contributed by atoms with Crippen molar-refractivity contribution < 1.29 is 9.59 Å². The standard InChI is InChI=1S/C7H6O2/c8-4-6-2-1-3-7(6)5-9/h2-5H,1H2. The summed E-state index contributed by atoms with van der Waals surface area (Å²) in [6.45, 7) is 0. The summed E-state index contributed by atoms with van der Waals surface area (Å²) < 4.78 is 0. The summed E-state index contributed by atoms with van der Waals surface area (Å²) >= 11 is 0. The molecule has 0 aromatic heterocycles. The number of hydrogen-bond acceptors (Lipinski definition) is 2. The van der Waals surface area contributed by atoms with Crippen LogP contribution in [-0.2, 0) is 9.59 Å². The van der Waals surface area contributed by atoms with E-state index in [0.717, 1.165) is 0 Å². The predicted molar refractivity (Wildman–Crippen MR) is 32.9 cm³/mol. The molecule has 0 aromatic rings. The summed E-state index contributed by atoms with van der Waals surface area (Å²) in [6.07, 6.45) is 5.58. The minimum atomic E-state index is 0.519. The molecule has 0 radical (unpaired) electrons. The number of hydrogen-bond donors (Lipinski definition) is 0. The van der Waals surface area contributed by atoms with E-state index in [2.05, 4.69) is 0 Å². The Bertz CT molecular complexity index is 177. The lowest BCUT2D eigenvalue weighted by Gasteiger charge is -1.85. The third-order valence-corrected chi connectivity index (χ3v) is 1.26. The molecule has 1 aliphatic carbocycles. The Hall–Kier alpha value is -1.18. The average Bonchev–Trinajstić information content (AvgIpc) is 2.33. The van der Waals surface area contributed by atoms with Gasteiger partial charge in [-0.15, -0.1) is 0 Å². The van der Waals surface area contributed by atoms with E-state index >= 15 is 0 Å². The number of carbonyl (C=O) groups is 2. The van der Waals surface area contributed by atoms with E-state index in [9.17, 15) is 9.59 Å². The average molecular weight is 122 g/mol. The molecule has 2 nitrogen and oxygen atoms in total. The molecule has 0 unspecified atom stereocenters. The van der Waals surface area contributed by atoms with Gasteiger partial charge in [-0.2, -0.15) is 0 Å². The van der Waals surface area contributed by atoms with Gasteiger partial charge in [-0.3, -0.25) is 9.59 Å². The summed E-state index contributed by atoms with van der Waals surface area (Å²) in [6, 6.07) is 0. The molecule has 9 heavy (non-hydrogen) atoms. The molecule has 0 atom stereocenters. The molecular weight excluding hydrogens is 116 g/mol. The number of carbonyl (C=O) groups excluding carboxylic acids is 2. The molecule has 0 N–H and O–H groups in total. The fourth-order valence-corrected chi connectivity index (χ4v) is 0.781.